The normalized spacial score (nSPS) is 11.3. The van der Waals surface area contributed by atoms with Gasteiger partial charge in [0.05, 0.1) is 0 Å². The number of rotatable bonds is 4. The van der Waals surface area contributed by atoms with Gasteiger partial charge in [0.1, 0.15) is 6.42 Å². The predicted octanol–water partition coefficient (Wildman–Crippen LogP) is -1.93. The third-order valence-corrected chi connectivity index (χ3v) is 0.712. The fourth-order valence-corrected chi connectivity index (χ4v) is 0.382. The summed E-state index contributed by atoms with van der Waals surface area (Å²) in [5, 5.41) is 24.8. The van der Waals surface area contributed by atoms with Gasteiger partial charge in [-0.15, -0.1) is 0 Å². The zero-order chi connectivity index (χ0) is 8.91. The number of nitrogens with one attached hydrogen (secondary N) is 1. The van der Waals surface area contributed by atoms with Gasteiger partial charge in [0.15, 0.2) is 0 Å². The lowest BCUT2D eigenvalue weighted by Gasteiger charge is -2.11. The lowest BCUT2D eigenvalue weighted by molar-refractivity contribution is -0.312. The smallest absolute Gasteiger partial charge is 0.332 e. The number of carbonyl (C=O) groups excluding carboxylic acids is 1. The molecule has 0 aliphatic carbocycles. The Kier molecular flexibility index (Phi) is 3.98. The van der Waals surface area contributed by atoms with Gasteiger partial charge >= 0.3 is 5.97 Å². The quantitative estimate of drug-likeness (QED) is 0.286. The summed E-state index contributed by atoms with van der Waals surface area (Å²) in [5.41, 5.74) is 2.19. The monoisotopic (exact) mass is 165 g/mol. The van der Waals surface area contributed by atoms with Crippen LogP contribution in [0.3, 0.4) is 0 Å². The number of hydrogen-bond acceptors (Lipinski definition) is 6. The molecule has 0 saturated heterocycles. The second-order valence-corrected chi connectivity index (χ2v) is 1.92. The lowest BCUT2D eigenvalue weighted by Crippen LogP contribution is -2.33. The Hall–Kier alpha value is -0.690. The molecule has 0 amide bonds. The Morgan fingerprint density at radius 3 is 2.45 bits per heavy atom. The molecule has 0 atom stereocenters. The average Bonchev–Trinajstić information content (AvgIpc) is 1.79. The van der Waals surface area contributed by atoms with E-state index in [0.29, 0.717) is 6.54 Å². The van der Waals surface area contributed by atoms with Gasteiger partial charge < -0.3 is 20.2 Å². The van der Waals surface area contributed by atoms with Crippen LogP contribution in [-0.4, -0.2) is 33.8 Å². The standard InChI is InChI=1S/C5H11NO5/c1-2-6-11-4(7)3-5(8,9)10/h6,8-10H,2-3H2,1H3. The topological polar surface area (TPSA) is 99.0 Å². The maximum atomic E-state index is 10.5. The van der Waals surface area contributed by atoms with Crippen LogP contribution in [0.1, 0.15) is 13.3 Å². The zero-order valence-corrected chi connectivity index (χ0v) is 6.07. The van der Waals surface area contributed by atoms with E-state index in [9.17, 15) is 4.79 Å². The summed E-state index contributed by atoms with van der Waals surface area (Å²) in [6.07, 6.45) is -0.889. The molecule has 0 aromatic heterocycles. The fraction of sp³-hybridized carbons (Fsp3) is 0.800. The van der Waals surface area contributed by atoms with Crippen molar-refractivity contribution in [3.05, 3.63) is 0 Å². The molecular formula is C5H11NO5. The molecule has 0 spiro atoms. The minimum Gasteiger partial charge on any atom is -0.370 e. The molecule has 0 aliphatic heterocycles. The number of carbonyl (C=O) groups is 1. The number of aliphatic hydroxyl groups is 3. The van der Waals surface area contributed by atoms with E-state index in [1.165, 1.54) is 0 Å². The van der Waals surface area contributed by atoms with Crippen molar-refractivity contribution in [3.8, 4) is 0 Å². The first kappa shape index (κ1) is 10.3. The molecule has 6 nitrogen and oxygen atoms in total. The molecule has 0 heterocycles. The highest BCUT2D eigenvalue weighted by atomic mass is 16.7. The molecule has 6 heteroatoms. The van der Waals surface area contributed by atoms with Crippen molar-refractivity contribution >= 4 is 5.97 Å². The van der Waals surface area contributed by atoms with E-state index in [1.54, 1.807) is 6.92 Å². The van der Waals surface area contributed by atoms with Crippen LogP contribution in [0.2, 0.25) is 0 Å². The van der Waals surface area contributed by atoms with Gasteiger partial charge in [0, 0.05) is 6.54 Å². The Morgan fingerprint density at radius 2 is 2.09 bits per heavy atom. The zero-order valence-electron chi connectivity index (χ0n) is 6.07. The van der Waals surface area contributed by atoms with Crippen molar-refractivity contribution in [1.82, 2.24) is 5.48 Å². The van der Waals surface area contributed by atoms with Crippen molar-refractivity contribution in [2.24, 2.45) is 0 Å². The van der Waals surface area contributed by atoms with Crippen LogP contribution in [0, 0.1) is 0 Å². The van der Waals surface area contributed by atoms with E-state index < -0.39 is 18.4 Å². The first-order valence-corrected chi connectivity index (χ1v) is 3.05. The summed E-state index contributed by atoms with van der Waals surface area (Å²) in [5.74, 6) is -3.94. The largest absolute Gasteiger partial charge is 0.370 e. The molecule has 0 aliphatic rings. The predicted molar refractivity (Wildman–Crippen MR) is 33.8 cm³/mol. The second-order valence-electron chi connectivity index (χ2n) is 1.92. The van der Waals surface area contributed by atoms with Gasteiger partial charge in [-0.05, 0) is 6.92 Å². The van der Waals surface area contributed by atoms with Crippen LogP contribution < -0.4 is 5.48 Å². The third kappa shape index (κ3) is 7.20. The SMILES string of the molecule is CCNOC(=O)CC(O)(O)O. The molecule has 0 bridgehead atoms. The van der Waals surface area contributed by atoms with Crippen LogP contribution in [0.25, 0.3) is 0 Å². The van der Waals surface area contributed by atoms with Crippen LogP contribution in [0.5, 0.6) is 0 Å². The van der Waals surface area contributed by atoms with Crippen LogP contribution in [-0.2, 0) is 9.63 Å². The molecule has 0 fully saturated rings. The van der Waals surface area contributed by atoms with Gasteiger partial charge in [0.25, 0.3) is 5.97 Å². The highest BCUT2D eigenvalue weighted by molar-refractivity contribution is 5.69. The van der Waals surface area contributed by atoms with Crippen molar-refractivity contribution in [2.75, 3.05) is 6.54 Å². The van der Waals surface area contributed by atoms with Crippen LogP contribution >= 0.6 is 0 Å². The maximum Gasteiger partial charge on any atom is 0.332 e. The maximum absolute atomic E-state index is 10.5. The summed E-state index contributed by atoms with van der Waals surface area (Å²) in [6, 6.07) is 0. The van der Waals surface area contributed by atoms with Crippen LogP contribution in [0.15, 0.2) is 0 Å². The van der Waals surface area contributed by atoms with Crippen molar-refractivity contribution in [2.45, 2.75) is 19.3 Å². The highest BCUT2D eigenvalue weighted by Gasteiger charge is 2.24. The van der Waals surface area contributed by atoms with E-state index >= 15 is 0 Å². The lowest BCUT2D eigenvalue weighted by atomic mass is 10.4. The molecule has 0 unspecified atom stereocenters. The van der Waals surface area contributed by atoms with E-state index in [0.717, 1.165) is 0 Å². The summed E-state index contributed by atoms with van der Waals surface area (Å²) >= 11 is 0. The van der Waals surface area contributed by atoms with Gasteiger partial charge in [0.2, 0.25) is 0 Å². The van der Waals surface area contributed by atoms with Crippen molar-refractivity contribution in [1.29, 1.82) is 0 Å². The Balaban J connectivity index is 3.53. The number of hydroxylamine groups is 1. The average molecular weight is 165 g/mol. The molecule has 0 saturated carbocycles. The first-order valence-electron chi connectivity index (χ1n) is 3.05. The third-order valence-electron chi connectivity index (χ3n) is 0.712. The van der Waals surface area contributed by atoms with Gasteiger partial charge in [-0.25, -0.2) is 0 Å². The number of hydrogen-bond donors (Lipinski definition) is 4. The first-order chi connectivity index (χ1) is 4.95. The van der Waals surface area contributed by atoms with E-state index in [2.05, 4.69) is 10.3 Å². The molecule has 0 radical (unpaired) electrons. The van der Waals surface area contributed by atoms with Crippen LogP contribution in [0.4, 0.5) is 0 Å². The summed E-state index contributed by atoms with van der Waals surface area (Å²) in [7, 11) is 0. The molecule has 4 N–H and O–H groups in total. The molecule has 0 aromatic carbocycles. The molecule has 0 aromatic rings. The minimum absolute atomic E-state index is 0.404. The summed E-state index contributed by atoms with van der Waals surface area (Å²) in [4.78, 5) is 14.7. The molecule has 66 valence electrons. The Labute approximate surface area is 63.4 Å². The second kappa shape index (κ2) is 4.24. The van der Waals surface area contributed by atoms with E-state index in [-0.39, 0.29) is 0 Å². The Bertz CT molecular complexity index is 129. The summed E-state index contributed by atoms with van der Waals surface area (Å²) in [6.45, 7) is 2.10. The van der Waals surface area contributed by atoms with Crippen molar-refractivity contribution < 1.29 is 25.0 Å². The molecule has 0 rings (SSSR count). The van der Waals surface area contributed by atoms with E-state index in [1.807, 2.05) is 0 Å². The van der Waals surface area contributed by atoms with Gasteiger partial charge in [-0.1, -0.05) is 0 Å². The minimum atomic E-state index is -2.99. The fourth-order valence-electron chi connectivity index (χ4n) is 0.382. The molecule has 11 heavy (non-hydrogen) atoms. The van der Waals surface area contributed by atoms with Gasteiger partial charge in [-0.2, -0.15) is 5.48 Å². The molecular weight excluding hydrogens is 154 g/mol. The summed E-state index contributed by atoms with van der Waals surface area (Å²) < 4.78 is 0. The van der Waals surface area contributed by atoms with Crippen molar-refractivity contribution in [3.63, 3.8) is 0 Å². The highest BCUT2D eigenvalue weighted by Crippen LogP contribution is 2.00. The van der Waals surface area contributed by atoms with Gasteiger partial charge in [-0.3, -0.25) is 4.79 Å². The Morgan fingerprint density at radius 1 is 1.55 bits per heavy atom. The van der Waals surface area contributed by atoms with E-state index in [4.69, 9.17) is 15.3 Å².